The number of nitrogens with zero attached hydrogens (tertiary/aromatic N) is 3. The van der Waals surface area contributed by atoms with Crippen molar-refractivity contribution in [2.75, 3.05) is 0 Å². The van der Waals surface area contributed by atoms with Gasteiger partial charge in [-0.3, -0.25) is 9.78 Å². The molecule has 1 aliphatic carbocycles. The summed E-state index contributed by atoms with van der Waals surface area (Å²) in [7, 11) is 0. The smallest absolute Gasteiger partial charge is 0.227 e. The maximum atomic E-state index is 12.4. The Balaban J connectivity index is 1.35. The Morgan fingerprint density at radius 1 is 1.15 bits per heavy atom. The molecule has 1 N–H and O–H groups in total. The molecule has 1 atom stereocenters. The first-order valence-electron chi connectivity index (χ1n) is 8.87. The molecule has 1 saturated carbocycles. The lowest BCUT2D eigenvalue weighted by molar-refractivity contribution is -0.122. The summed E-state index contributed by atoms with van der Waals surface area (Å²) in [4.78, 5) is 20.7. The van der Waals surface area contributed by atoms with Crippen LogP contribution in [0, 0.1) is 5.92 Å². The number of hydrogen-bond donors (Lipinski definition) is 1. The van der Waals surface area contributed by atoms with Gasteiger partial charge < -0.3 is 9.84 Å². The molecule has 6 heteroatoms. The molecule has 0 bridgehead atoms. The maximum absolute atomic E-state index is 12.4. The average molecular weight is 348 g/mol. The number of hydrogen-bond acceptors (Lipinski definition) is 5. The molecule has 0 aliphatic heterocycles. The van der Waals surface area contributed by atoms with Crippen LogP contribution in [0.5, 0.6) is 0 Å². The van der Waals surface area contributed by atoms with E-state index in [2.05, 4.69) is 32.6 Å². The lowest BCUT2D eigenvalue weighted by Gasteiger charge is -2.18. The summed E-state index contributed by atoms with van der Waals surface area (Å²) in [5.41, 5.74) is 2.01. The third kappa shape index (κ3) is 3.96. The molecule has 3 aromatic rings. The van der Waals surface area contributed by atoms with Gasteiger partial charge >= 0.3 is 0 Å². The van der Waals surface area contributed by atoms with Gasteiger partial charge in [0.05, 0.1) is 6.04 Å². The van der Waals surface area contributed by atoms with Gasteiger partial charge in [-0.05, 0) is 36.5 Å². The number of aromatic nitrogens is 3. The standard InChI is InChI=1S/C20H20N4O2/c25-17(22-19(15-6-7-15)14-4-2-1-3-5-14)8-9-18-23-20(24-26-18)16-10-12-21-13-11-16/h1-5,10-13,15,19H,6-9H2,(H,22,25). The molecule has 1 aromatic carbocycles. The van der Waals surface area contributed by atoms with Crippen LogP contribution in [0.25, 0.3) is 11.4 Å². The summed E-state index contributed by atoms with van der Waals surface area (Å²) < 4.78 is 5.26. The number of nitrogens with one attached hydrogen (secondary N) is 1. The van der Waals surface area contributed by atoms with E-state index in [9.17, 15) is 4.79 Å². The molecule has 1 aliphatic rings. The first kappa shape index (κ1) is 16.4. The van der Waals surface area contributed by atoms with Crippen molar-refractivity contribution in [2.24, 2.45) is 5.92 Å². The Hall–Kier alpha value is -3.02. The summed E-state index contributed by atoms with van der Waals surface area (Å²) in [6.45, 7) is 0. The Morgan fingerprint density at radius 2 is 1.92 bits per heavy atom. The summed E-state index contributed by atoms with van der Waals surface area (Å²) in [6.07, 6.45) is 6.45. The molecule has 2 heterocycles. The van der Waals surface area contributed by atoms with Gasteiger partial charge in [-0.25, -0.2) is 0 Å². The minimum absolute atomic E-state index is 0.00872. The van der Waals surface area contributed by atoms with Crippen molar-refractivity contribution in [3.05, 3.63) is 66.3 Å². The zero-order valence-electron chi connectivity index (χ0n) is 14.3. The third-order valence-electron chi connectivity index (χ3n) is 4.54. The number of carbonyl (C=O) groups is 1. The molecule has 0 saturated heterocycles. The predicted molar refractivity (Wildman–Crippen MR) is 95.9 cm³/mol. The zero-order chi connectivity index (χ0) is 17.8. The predicted octanol–water partition coefficient (Wildman–Crippen LogP) is 3.33. The Morgan fingerprint density at radius 3 is 2.65 bits per heavy atom. The van der Waals surface area contributed by atoms with Crippen LogP contribution in [0.15, 0.2) is 59.4 Å². The van der Waals surface area contributed by atoms with E-state index < -0.39 is 0 Å². The van der Waals surface area contributed by atoms with Crippen molar-refractivity contribution < 1.29 is 9.32 Å². The van der Waals surface area contributed by atoms with E-state index in [1.165, 1.54) is 18.4 Å². The molecule has 6 nitrogen and oxygen atoms in total. The van der Waals surface area contributed by atoms with Crippen molar-refractivity contribution in [1.82, 2.24) is 20.4 Å². The lowest BCUT2D eigenvalue weighted by atomic mass is 10.0. The second kappa shape index (κ2) is 7.47. The van der Waals surface area contributed by atoms with Crippen molar-refractivity contribution in [3.8, 4) is 11.4 Å². The largest absolute Gasteiger partial charge is 0.349 e. The Bertz CT molecular complexity index is 860. The van der Waals surface area contributed by atoms with Crippen LogP contribution >= 0.6 is 0 Å². The van der Waals surface area contributed by atoms with Gasteiger partial charge in [0.1, 0.15) is 0 Å². The van der Waals surface area contributed by atoms with Gasteiger partial charge in [-0.1, -0.05) is 35.5 Å². The molecular formula is C20H20N4O2. The van der Waals surface area contributed by atoms with Crippen LogP contribution in [0.4, 0.5) is 0 Å². The normalized spacial score (nSPS) is 14.8. The fourth-order valence-electron chi connectivity index (χ4n) is 3.00. The SMILES string of the molecule is O=C(CCc1nc(-c2ccncc2)no1)NC(c1ccccc1)C1CC1. The number of carbonyl (C=O) groups excluding carboxylic acids is 1. The molecule has 2 aromatic heterocycles. The van der Waals surface area contributed by atoms with Crippen LogP contribution in [-0.2, 0) is 11.2 Å². The fraction of sp³-hybridized carbons (Fsp3) is 0.300. The van der Waals surface area contributed by atoms with Crippen LogP contribution < -0.4 is 5.32 Å². The highest BCUT2D eigenvalue weighted by Gasteiger charge is 2.33. The van der Waals surface area contributed by atoms with Gasteiger partial charge in [-0.15, -0.1) is 0 Å². The number of rotatable bonds is 7. The van der Waals surface area contributed by atoms with E-state index in [4.69, 9.17) is 4.52 Å². The number of benzene rings is 1. The van der Waals surface area contributed by atoms with Gasteiger partial charge in [0.25, 0.3) is 0 Å². The van der Waals surface area contributed by atoms with E-state index in [0.717, 1.165) is 5.56 Å². The van der Waals surface area contributed by atoms with Crippen LogP contribution in [-0.4, -0.2) is 21.0 Å². The summed E-state index contributed by atoms with van der Waals surface area (Å²) in [5, 5.41) is 7.13. The van der Waals surface area contributed by atoms with E-state index in [1.54, 1.807) is 12.4 Å². The van der Waals surface area contributed by atoms with Crippen molar-refractivity contribution in [1.29, 1.82) is 0 Å². The van der Waals surface area contributed by atoms with Crippen LogP contribution in [0.1, 0.15) is 36.8 Å². The highest BCUT2D eigenvalue weighted by Crippen LogP contribution is 2.40. The van der Waals surface area contributed by atoms with Crippen molar-refractivity contribution in [2.45, 2.75) is 31.7 Å². The van der Waals surface area contributed by atoms with Gasteiger partial charge in [0.15, 0.2) is 0 Å². The molecule has 132 valence electrons. The zero-order valence-corrected chi connectivity index (χ0v) is 14.3. The minimum Gasteiger partial charge on any atom is -0.349 e. The lowest BCUT2D eigenvalue weighted by Crippen LogP contribution is -2.30. The number of pyridine rings is 1. The summed E-state index contributed by atoms with van der Waals surface area (Å²) in [6, 6.07) is 13.9. The maximum Gasteiger partial charge on any atom is 0.227 e. The van der Waals surface area contributed by atoms with Crippen molar-refractivity contribution >= 4 is 5.91 Å². The topological polar surface area (TPSA) is 80.9 Å². The van der Waals surface area contributed by atoms with Gasteiger partial charge in [-0.2, -0.15) is 4.98 Å². The first-order valence-corrected chi connectivity index (χ1v) is 8.87. The molecule has 1 unspecified atom stereocenters. The average Bonchev–Trinajstić information content (AvgIpc) is 3.42. The molecule has 0 radical (unpaired) electrons. The monoisotopic (exact) mass is 348 g/mol. The van der Waals surface area contributed by atoms with E-state index >= 15 is 0 Å². The second-order valence-corrected chi connectivity index (χ2v) is 6.54. The van der Waals surface area contributed by atoms with E-state index in [0.29, 0.717) is 30.5 Å². The highest BCUT2D eigenvalue weighted by molar-refractivity contribution is 5.76. The van der Waals surface area contributed by atoms with E-state index in [1.807, 2.05) is 30.3 Å². The highest BCUT2D eigenvalue weighted by atomic mass is 16.5. The minimum atomic E-state index is 0.00872. The van der Waals surface area contributed by atoms with Crippen LogP contribution in [0.2, 0.25) is 0 Å². The van der Waals surface area contributed by atoms with Crippen LogP contribution in [0.3, 0.4) is 0 Å². The quantitative estimate of drug-likeness (QED) is 0.708. The molecule has 26 heavy (non-hydrogen) atoms. The molecule has 1 amide bonds. The Kier molecular flexibility index (Phi) is 4.73. The number of aryl methyl sites for hydroxylation is 1. The summed E-state index contributed by atoms with van der Waals surface area (Å²) >= 11 is 0. The second-order valence-electron chi connectivity index (χ2n) is 6.54. The third-order valence-corrected chi connectivity index (χ3v) is 4.54. The first-order chi connectivity index (χ1) is 12.8. The molecule has 4 rings (SSSR count). The van der Waals surface area contributed by atoms with E-state index in [-0.39, 0.29) is 11.9 Å². The molecule has 1 fully saturated rings. The molecule has 0 spiro atoms. The summed E-state index contributed by atoms with van der Waals surface area (Å²) in [5.74, 6) is 1.54. The van der Waals surface area contributed by atoms with Crippen molar-refractivity contribution in [3.63, 3.8) is 0 Å². The molecular weight excluding hydrogens is 328 g/mol. The van der Waals surface area contributed by atoms with Gasteiger partial charge in [0, 0.05) is 30.8 Å². The van der Waals surface area contributed by atoms with Gasteiger partial charge in [0.2, 0.25) is 17.6 Å². The fourth-order valence-corrected chi connectivity index (χ4v) is 3.00. The number of amides is 1. The Labute approximate surface area is 151 Å².